The Morgan fingerprint density at radius 1 is 0.275 bits per heavy atom. The van der Waals surface area contributed by atoms with Gasteiger partial charge < -0.3 is 33.8 Å². The second kappa shape index (κ2) is 72.0. The van der Waals surface area contributed by atoms with Crippen molar-refractivity contribution in [2.45, 2.75) is 446 Å². The van der Waals surface area contributed by atoms with Crippen LogP contribution in [-0.4, -0.2) is 96.7 Å². The van der Waals surface area contributed by atoms with E-state index >= 15 is 0 Å². The molecule has 0 saturated heterocycles. The van der Waals surface area contributed by atoms with E-state index in [0.717, 1.165) is 114 Å². The maximum absolute atomic E-state index is 13.1. The third-order valence-corrected chi connectivity index (χ3v) is 21.9. The number of ether oxygens (including phenoxy) is 4. The van der Waals surface area contributed by atoms with E-state index in [0.29, 0.717) is 31.6 Å². The molecular formula is C83H162O17P2. The third kappa shape index (κ3) is 73.6. The Labute approximate surface area is 626 Å². The van der Waals surface area contributed by atoms with Crippen molar-refractivity contribution in [2.24, 2.45) is 23.7 Å². The van der Waals surface area contributed by atoms with Gasteiger partial charge in [-0.25, -0.2) is 9.13 Å². The van der Waals surface area contributed by atoms with E-state index in [-0.39, 0.29) is 25.7 Å². The van der Waals surface area contributed by atoms with Crippen molar-refractivity contribution in [1.29, 1.82) is 0 Å². The van der Waals surface area contributed by atoms with E-state index in [2.05, 4.69) is 55.4 Å². The molecule has 3 N–H and O–H groups in total. The molecule has 0 bridgehead atoms. The molecule has 0 aromatic carbocycles. The number of unbranched alkanes of at least 4 members (excludes halogenated alkanes) is 44. The third-order valence-electron chi connectivity index (χ3n) is 20.0. The molecule has 0 amide bonds. The quantitative estimate of drug-likeness (QED) is 0.0222. The van der Waals surface area contributed by atoms with Crippen LogP contribution in [0.15, 0.2) is 0 Å². The van der Waals surface area contributed by atoms with Gasteiger partial charge in [0.25, 0.3) is 0 Å². The molecule has 17 nitrogen and oxygen atoms in total. The average Bonchev–Trinajstić information content (AvgIpc) is 0.940. The summed E-state index contributed by atoms with van der Waals surface area (Å²) in [7, 11) is -9.92. The van der Waals surface area contributed by atoms with E-state index < -0.39 is 97.5 Å². The topological polar surface area (TPSA) is 237 Å². The summed E-state index contributed by atoms with van der Waals surface area (Å²) in [6, 6.07) is 0. The molecular weight excluding hydrogens is 1330 g/mol. The van der Waals surface area contributed by atoms with Crippen LogP contribution >= 0.6 is 15.6 Å². The highest BCUT2D eigenvalue weighted by Gasteiger charge is 2.30. The minimum atomic E-state index is -4.96. The van der Waals surface area contributed by atoms with E-state index in [4.69, 9.17) is 37.0 Å². The molecule has 0 aromatic rings. The SMILES string of the molecule is CCC(C)CCCCCCCCCCCCCCCCC(=O)O[C@H](COC(=O)CCCCCCCCCCCCCCCCC(C)C)COP(=O)(O)OC[C@@H](O)COP(=O)(O)OC[C@@H](COC(=O)CCCCCCCCC(C)C)OC(=O)CCCCCCCCCCCCCCCCC(C)CC. The van der Waals surface area contributed by atoms with Gasteiger partial charge in [0.2, 0.25) is 0 Å². The van der Waals surface area contributed by atoms with Gasteiger partial charge in [0.1, 0.15) is 19.3 Å². The number of hydrogen-bond acceptors (Lipinski definition) is 15. The minimum absolute atomic E-state index is 0.106. The van der Waals surface area contributed by atoms with Gasteiger partial charge in [0.15, 0.2) is 12.2 Å². The number of rotatable bonds is 80. The van der Waals surface area contributed by atoms with Crippen LogP contribution in [0.1, 0.15) is 428 Å². The van der Waals surface area contributed by atoms with Crippen molar-refractivity contribution in [3.8, 4) is 0 Å². The average molecular weight is 1490 g/mol. The molecule has 0 aliphatic rings. The summed E-state index contributed by atoms with van der Waals surface area (Å²) in [5, 5.41) is 10.7. The Kier molecular flexibility index (Phi) is 70.6. The zero-order chi connectivity index (χ0) is 75.3. The summed E-state index contributed by atoms with van der Waals surface area (Å²) in [5.41, 5.74) is 0. The molecule has 102 heavy (non-hydrogen) atoms. The highest BCUT2D eigenvalue weighted by Crippen LogP contribution is 2.45. The van der Waals surface area contributed by atoms with Gasteiger partial charge in [0, 0.05) is 25.7 Å². The number of carbonyl (C=O) groups excluding carboxylic acids is 4. The number of phosphoric ester groups is 2. The lowest BCUT2D eigenvalue weighted by Gasteiger charge is -2.21. The molecule has 0 aliphatic carbocycles. The van der Waals surface area contributed by atoms with E-state index in [1.54, 1.807) is 0 Å². The summed E-state index contributed by atoms with van der Waals surface area (Å²) in [4.78, 5) is 73.1. The van der Waals surface area contributed by atoms with Crippen LogP contribution in [0, 0.1) is 23.7 Å². The molecule has 19 heteroatoms. The number of phosphoric acid groups is 2. The maximum atomic E-state index is 13.1. The fourth-order valence-corrected chi connectivity index (χ4v) is 14.3. The van der Waals surface area contributed by atoms with Crippen molar-refractivity contribution in [1.82, 2.24) is 0 Å². The molecule has 0 spiro atoms. The summed E-state index contributed by atoms with van der Waals surface area (Å²) in [6.07, 6.45) is 59.7. The summed E-state index contributed by atoms with van der Waals surface area (Å²) >= 11 is 0. The monoisotopic (exact) mass is 1490 g/mol. The second-order valence-electron chi connectivity index (χ2n) is 31.3. The molecule has 0 radical (unpaired) electrons. The molecule has 0 saturated carbocycles. The van der Waals surface area contributed by atoms with Gasteiger partial charge >= 0.3 is 39.5 Å². The minimum Gasteiger partial charge on any atom is -0.462 e. The first-order valence-electron chi connectivity index (χ1n) is 42.8. The summed E-state index contributed by atoms with van der Waals surface area (Å²) < 4.78 is 68.8. The molecule has 0 aromatic heterocycles. The molecule has 7 atom stereocenters. The lowest BCUT2D eigenvalue weighted by molar-refractivity contribution is -0.161. The van der Waals surface area contributed by atoms with Gasteiger partial charge in [-0.15, -0.1) is 0 Å². The van der Waals surface area contributed by atoms with Crippen LogP contribution in [0.5, 0.6) is 0 Å². The van der Waals surface area contributed by atoms with Gasteiger partial charge in [-0.2, -0.15) is 0 Å². The van der Waals surface area contributed by atoms with Gasteiger partial charge in [-0.1, -0.05) is 376 Å². The van der Waals surface area contributed by atoms with E-state index in [9.17, 15) is 43.2 Å². The van der Waals surface area contributed by atoms with Crippen LogP contribution in [0.3, 0.4) is 0 Å². The largest absolute Gasteiger partial charge is 0.472 e. The molecule has 4 unspecified atom stereocenters. The highest BCUT2D eigenvalue weighted by atomic mass is 31.2. The highest BCUT2D eigenvalue weighted by molar-refractivity contribution is 7.47. The summed E-state index contributed by atoms with van der Waals surface area (Å²) in [5.74, 6) is 1.06. The van der Waals surface area contributed by atoms with Gasteiger partial charge in [-0.3, -0.25) is 37.3 Å². The van der Waals surface area contributed by atoms with Crippen molar-refractivity contribution >= 4 is 39.5 Å². The first kappa shape index (κ1) is 100. The van der Waals surface area contributed by atoms with Crippen molar-refractivity contribution in [3.63, 3.8) is 0 Å². The van der Waals surface area contributed by atoms with Crippen LogP contribution < -0.4 is 0 Å². The Hall–Kier alpha value is -1.94. The Balaban J connectivity index is 5.23. The number of aliphatic hydroxyl groups excluding tert-OH is 1. The van der Waals surface area contributed by atoms with Crippen LogP contribution in [0.4, 0.5) is 0 Å². The Morgan fingerprint density at radius 2 is 0.471 bits per heavy atom. The predicted octanol–water partition coefficient (Wildman–Crippen LogP) is 24.8. The molecule has 606 valence electrons. The predicted molar refractivity (Wildman–Crippen MR) is 418 cm³/mol. The zero-order valence-corrected chi connectivity index (χ0v) is 69.0. The van der Waals surface area contributed by atoms with Gasteiger partial charge in [-0.05, 0) is 49.4 Å². The van der Waals surface area contributed by atoms with Crippen LogP contribution in [-0.2, 0) is 65.4 Å². The van der Waals surface area contributed by atoms with Crippen molar-refractivity contribution in [3.05, 3.63) is 0 Å². The lowest BCUT2D eigenvalue weighted by Crippen LogP contribution is -2.30. The van der Waals surface area contributed by atoms with E-state index in [1.807, 2.05) is 0 Å². The number of hydrogen-bond donors (Lipinski definition) is 3. The van der Waals surface area contributed by atoms with Crippen LogP contribution in [0.25, 0.3) is 0 Å². The fourth-order valence-electron chi connectivity index (χ4n) is 12.7. The first-order chi connectivity index (χ1) is 49.2. The normalized spacial score (nSPS) is 14.5. The van der Waals surface area contributed by atoms with Crippen molar-refractivity contribution < 1.29 is 80.2 Å². The van der Waals surface area contributed by atoms with Crippen LogP contribution in [0.2, 0.25) is 0 Å². The number of carbonyl (C=O) groups is 4. The first-order valence-corrected chi connectivity index (χ1v) is 45.8. The number of aliphatic hydroxyl groups is 1. The molecule has 0 fully saturated rings. The van der Waals surface area contributed by atoms with Gasteiger partial charge in [0.05, 0.1) is 26.4 Å². The smallest absolute Gasteiger partial charge is 0.462 e. The summed E-state index contributed by atoms with van der Waals surface area (Å²) in [6.45, 7) is 14.3. The molecule has 0 heterocycles. The molecule has 0 aliphatic heterocycles. The second-order valence-corrected chi connectivity index (χ2v) is 34.2. The number of esters is 4. The Bertz CT molecular complexity index is 1990. The van der Waals surface area contributed by atoms with Crippen molar-refractivity contribution in [2.75, 3.05) is 39.6 Å². The Morgan fingerprint density at radius 3 is 0.696 bits per heavy atom. The maximum Gasteiger partial charge on any atom is 0.472 e. The standard InChI is InChI=1S/C83H162O17P2/c1-9-75(7)61-53-45-36-30-24-18-12-15-21-27-33-39-49-57-65-82(87)99-78(69-93-80(85)63-55-47-38-32-26-20-14-11-17-23-29-35-43-51-59-73(3)4)71-97-101(89,90)95-67-77(84)68-96-102(91,92)98-72-79(70-94-81(86)64-56-48-42-41-44-52-60-74(5)6)100-83(88)66-58-50-40-34-28-22-16-13-19-25-31-37-46-54-62-76(8)10-2/h73-79,84H,9-72H2,1-8H3,(H,89,90)(H,91,92)/t75?,76?,77-,78-,79-/m1/s1. The lowest BCUT2D eigenvalue weighted by atomic mass is 9.99. The zero-order valence-electron chi connectivity index (χ0n) is 67.2. The molecule has 0 rings (SSSR count). The van der Waals surface area contributed by atoms with E-state index in [1.165, 1.54) is 225 Å². The fraction of sp³-hybridized carbons (Fsp3) is 0.952.